The maximum Gasteiger partial charge on any atom is 0.139 e. The van der Waals surface area contributed by atoms with Gasteiger partial charge in [0.1, 0.15) is 11.6 Å². The van der Waals surface area contributed by atoms with Crippen LogP contribution in [-0.4, -0.2) is 9.55 Å². The van der Waals surface area contributed by atoms with Crippen molar-refractivity contribution in [3.8, 4) is 11.4 Å². The summed E-state index contributed by atoms with van der Waals surface area (Å²) in [6, 6.07) is 4.73. The molecule has 0 saturated heterocycles. The third-order valence-electron chi connectivity index (χ3n) is 1.94. The number of nitrogens with zero attached hydrogens (tertiary/aromatic N) is 2. The molecule has 1 aromatic heterocycles. The third kappa shape index (κ3) is 1.70. The number of imidazole rings is 1. The summed E-state index contributed by atoms with van der Waals surface area (Å²) in [4.78, 5) is 4.14. The molecule has 0 bridgehead atoms. The molecule has 2 nitrogen and oxygen atoms in total. The minimum absolute atomic E-state index is 0.266. The highest BCUT2D eigenvalue weighted by atomic mass is 79.9. The number of benzene rings is 1. The van der Waals surface area contributed by atoms with Gasteiger partial charge in [0.15, 0.2) is 0 Å². The van der Waals surface area contributed by atoms with Crippen LogP contribution in [0.5, 0.6) is 0 Å². The van der Waals surface area contributed by atoms with Crippen LogP contribution in [0.4, 0.5) is 4.39 Å². The summed E-state index contributed by atoms with van der Waals surface area (Å²) >= 11 is 3.25. The Hall–Kier alpha value is -1.16. The monoisotopic (exact) mass is 254 g/mol. The fourth-order valence-corrected chi connectivity index (χ4v) is 1.79. The second kappa shape index (κ2) is 3.53. The van der Waals surface area contributed by atoms with Gasteiger partial charge < -0.3 is 4.57 Å². The Morgan fingerprint density at radius 2 is 2.14 bits per heavy atom. The van der Waals surface area contributed by atoms with Crippen molar-refractivity contribution < 1.29 is 4.39 Å². The first kappa shape index (κ1) is 9.40. The van der Waals surface area contributed by atoms with Gasteiger partial charge in [-0.2, -0.15) is 0 Å². The van der Waals surface area contributed by atoms with Crippen molar-refractivity contribution in [1.29, 1.82) is 0 Å². The first-order chi connectivity index (χ1) is 6.66. The third-order valence-corrected chi connectivity index (χ3v) is 2.40. The van der Waals surface area contributed by atoms with Crippen molar-refractivity contribution in [3.63, 3.8) is 0 Å². The van der Waals surface area contributed by atoms with Gasteiger partial charge in [0.05, 0.1) is 0 Å². The van der Waals surface area contributed by atoms with Crippen LogP contribution in [0.1, 0.15) is 0 Å². The zero-order valence-electron chi connectivity index (χ0n) is 7.54. The van der Waals surface area contributed by atoms with E-state index >= 15 is 0 Å². The van der Waals surface area contributed by atoms with Crippen LogP contribution in [-0.2, 0) is 7.05 Å². The molecule has 0 radical (unpaired) electrons. The van der Waals surface area contributed by atoms with E-state index in [1.54, 1.807) is 6.20 Å². The van der Waals surface area contributed by atoms with E-state index in [-0.39, 0.29) is 5.82 Å². The first-order valence-electron chi connectivity index (χ1n) is 4.10. The Morgan fingerprint density at radius 1 is 1.36 bits per heavy atom. The van der Waals surface area contributed by atoms with Crippen molar-refractivity contribution in [2.75, 3.05) is 0 Å². The fourth-order valence-electron chi connectivity index (χ4n) is 1.33. The van der Waals surface area contributed by atoms with Crippen LogP contribution in [0.15, 0.2) is 35.1 Å². The van der Waals surface area contributed by atoms with Gasteiger partial charge in [-0.25, -0.2) is 9.37 Å². The van der Waals surface area contributed by atoms with Crippen LogP contribution < -0.4 is 0 Å². The lowest BCUT2D eigenvalue weighted by molar-refractivity contribution is 0.627. The molecule has 1 aromatic carbocycles. The molecule has 1 heterocycles. The Kier molecular flexibility index (Phi) is 2.37. The summed E-state index contributed by atoms with van der Waals surface area (Å²) < 4.78 is 15.7. The molecule has 0 fully saturated rings. The van der Waals surface area contributed by atoms with E-state index in [4.69, 9.17) is 0 Å². The molecule has 0 spiro atoms. The van der Waals surface area contributed by atoms with E-state index in [0.717, 1.165) is 15.9 Å². The SMILES string of the molecule is Cn1ccnc1-c1cc(F)cc(Br)c1. The van der Waals surface area contributed by atoms with Gasteiger partial charge in [-0.15, -0.1) is 0 Å². The average Bonchev–Trinajstić information content (AvgIpc) is 2.49. The lowest BCUT2D eigenvalue weighted by Crippen LogP contribution is -1.91. The summed E-state index contributed by atoms with van der Waals surface area (Å²) in [6.07, 6.45) is 3.52. The molecule has 0 N–H and O–H groups in total. The summed E-state index contributed by atoms with van der Waals surface area (Å²) in [5.41, 5.74) is 0.768. The van der Waals surface area contributed by atoms with Crippen LogP contribution in [0.3, 0.4) is 0 Å². The van der Waals surface area contributed by atoms with Gasteiger partial charge in [0.2, 0.25) is 0 Å². The number of halogens is 2. The molecule has 0 atom stereocenters. The Morgan fingerprint density at radius 3 is 2.71 bits per heavy atom. The number of hydrogen-bond donors (Lipinski definition) is 0. The van der Waals surface area contributed by atoms with E-state index in [2.05, 4.69) is 20.9 Å². The number of aromatic nitrogens is 2. The van der Waals surface area contributed by atoms with Crippen molar-refractivity contribution in [2.24, 2.45) is 7.05 Å². The van der Waals surface area contributed by atoms with Gasteiger partial charge in [-0.3, -0.25) is 0 Å². The highest BCUT2D eigenvalue weighted by Gasteiger charge is 2.05. The van der Waals surface area contributed by atoms with Crippen LogP contribution in [0.2, 0.25) is 0 Å². The average molecular weight is 255 g/mol. The molecule has 0 saturated carbocycles. The largest absolute Gasteiger partial charge is 0.334 e. The lowest BCUT2D eigenvalue weighted by atomic mass is 10.2. The standard InChI is InChI=1S/C10H8BrFN2/c1-14-3-2-13-10(14)7-4-8(11)6-9(12)5-7/h2-6H,1H3. The van der Waals surface area contributed by atoms with E-state index in [1.165, 1.54) is 12.1 Å². The molecular formula is C10H8BrFN2. The zero-order chi connectivity index (χ0) is 10.1. The lowest BCUT2D eigenvalue weighted by Gasteiger charge is -2.02. The van der Waals surface area contributed by atoms with Crippen molar-refractivity contribution >= 4 is 15.9 Å². The summed E-state index contributed by atoms with van der Waals surface area (Å²) in [6.45, 7) is 0. The van der Waals surface area contributed by atoms with E-state index in [0.29, 0.717) is 0 Å². The predicted octanol–water partition coefficient (Wildman–Crippen LogP) is 2.99. The van der Waals surface area contributed by atoms with Crippen LogP contribution >= 0.6 is 15.9 Å². The molecule has 0 aliphatic carbocycles. The van der Waals surface area contributed by atoms with E-state index in [9.17, 15) is 4.39 Å². The minimum Gasteiger partial charge on any atom is -0.334 e. The van der Waals surface area contributed by atoms with Crippen LogP contribution in [0, 0.1) is 5.82 Å². The van der Waals surface area contributed by atoms with Gasteiger partial charge in [-0.05, 0) is 18.2 Å². The van der Waals surface area contributed by atoms with Gasteiger partial charge in [0.25, 0.3) is 0 Å². The summed E-state index contributed by atoms with van der Waals surface area (Å²) in [7, 11) is 1.88. The Labute approximate surface area is 89.5 Å². The molecule has 4 heteroatoms. The smallest absolute Gasteiger partial charge is 0.139 e. The van der Waals surface area contributed by atoms with Crippen molar-refractivity contribution in [2.45, 2.75) is 0 Å². The number of aryl methyl sites for hydroxylation is 1. The minimum atomic E-state index is -0.266. The van der Waals surface area contributed by atoms with Crippen LogP contribution in [0.25, 0.3) is 11.4 Å². The summed E-state index contributed by atoms with van der Waals surface area (Å²) in [5, 5.41) is 0. The molecule has 14 heavy (non-hydrogen) atoms. The molecule has 0 unspecified atom stereocenters. The highest BCUT2D eigenvalue weighted by Crippen LogP contribution is 2.22. The Balaban J connectivity index is 2.57. The van der Waals surface area contributed by atoms with Crippen molar-refractivity contribution in [1.82, 2.24) is 9.55 Å². The molecule has 0 amide bonds. The van der Waals surface area contributed by atoms with E-state index < -0.39 is 0 Å². The molecular weight excluding hydrogens is 247 g/mol. The molecule has 2 aromatic rings. The first-order valence-corrected chi connectivity index (χ1v) is 4.90. The maximum absolute atomic E-state index is 13.1. The molecule has 0 aliphatic heterocycles. The predicted molar refractivity (Wildman–Crippen MR) is 56.3 cm³/mol. The zero-order valence-corrected chi connectivity index (χ0v) is 9.12. The van der Waals surface area contributed by atoms with Gasteiger partial charge in [0, 0.05) is 29.5 Å². The highest BCUT2D eigenvalue weighted by molar-refractivity contribution is 9.10. The van der Waals surface area contributed by atoms with Gasteiger partial charge >= 0.3 is 0 Å². The number of hydrogen-bond acceptors (Lipinski definition) is 1. The second-order valence-electron chi connectivity index (χ2n) is 3.02. The fraction of sp³-hybridized carbons (Fsp3) is 0.100. The second-order valence-corrected chi connectivity index (χ2v) is 3.94. The maximum atomic E-state index is 13.1. The summed E-state index contributed by atoms with van der Waals surface area (Å²) in [5.74, 6) is 0.488. The quantitative estimate of drug-likeness (QED) is 0.765. The van der Waals surface area contributed by atoms with E-state index in [1.807, 2.05) is 23.9 Å². The molecule has 72 valence electrons. The Bertz CT molecular complexity index is 445. The van der Waals surface area contributed by atoms with Crippen molar-refractivity contribution in [3.05, 3.63) is 40.9 Å². The topological polar surface area (TPSA) is 17.8 Å². The van der Waals surface area contributed by atoms with Gasteiger partial charge in [-0.1, -0.05) is 15.9 Å². The normalized spacial score (nSPS) is 10.5. The molecule has 0 aliphatic rings. The molecule has 2 rings (SSSR count). The number of rotatable bonds is 1.